The molecule has 11 heteroatoms. The number of aliphatic hydroxyl groups excluding tert-OH is 1. The van der Waals surface area contributed by atoms with Crippen molar-refractivity contribution in [3.8, 4) is 0 Å². The molecule has 0 aromatic rings. The van der Waals surface area contributed by atoms with E-state index in [0.29, 0.717) is 0 Å². The van der Waals surface area contributed by atoms with E-state index in [1.54, 1.807) is 0 Å². The average Bonchev–Trinajstić information content (AvgIpc) is 2.32. The summed E-state index contributed by atoms with van der Waals surface area (Å²) in [5, 5.41) is 47.4. The summed E-state index contributed by atoms with van der Waals surface area (Å²) in [6.07, 6.45) is -3.82. The van der Waals surface area contributed by atoms with E-state index in [4.69, 9.17) is 31.3 Å². The zero-order chi connectivity index (χ0) is 18.3. The van der Waals surface area contributed by atoms with Gasteiger partial charge in [-0.15, -0.1) is 0 Å². The second kappa shape index (κ2) is 8.41. The van der Waals surface area contributed by atoms with Gasteiger partial charge in [-0.2, -0.15) is 0 Å². The van der Waals surface area contributed by atoms with E-state index in [1.165, 1.54) is 0 Å². The summed E-state index contributed by atoms with van der Waals surface area (Å²) >= 11 is 0. The number of carbonyl (C=O) groups is 4. The lowest BCUT2D eigenvalue weighted by atomic mass is 9.68. The second-order valence-electron chi connectivity index (χ2n) is 5.17. The van der Waals surface area contributed by atoms with E-state index < -0.39 is 67.2 Å². The topological polar surface area (TPSA) is 207 Å². The molecule has 0 aliphatic carbocycles. The summed E-state index contributed by atoms with van der Waals surface area (Å²) in [7, 11) is 0. The number of nitrogens with one attached hydrogen (secondary N) is 1. The molecule has 11 nitrogen and oxygen atoms in total. The molecule has 0 atom stereocenters. The van der Waals surface area contributed by atoms with Gasteiger partial charge in [0.2, 0.25) is 0 Å². The van der Waals surface area contributed by atoms with Crippen LogP contribution in [0.4, 0.5) is 0 Å². The first kappa shape index (κ1) is 20.8. The lowest BCUT2D eigenvalue weighted by Gasteiger charge is -2.46. The Labute approximate surface area is 130 Å². The van der Waals surface area contributed by atoms with Crippen molar-refractivity contribution in [3.05, 3.63) is 0 Å². The number of aliphatic carboxylic acids is 4. The molecular weight excluding hydrogens is 316 g/mol. The molecule has 0 aromatic heterocycles. The maximum absolute atomic E-state index is 11.1. The molecule has 8 N–H and O–H groups in total. The molecule has 0 fully saturated rings. The van der Waals surface area contributed by atoms with Crippen molar-refractivity contribution in [3.63, 3.8) is 0 Å². The lowest BCUT2D eigenvalue weighted by Crippen LogP contribution is -2.70. The minimum Gasteiger partial charge on any atom is -0.481 e. The Bertz CT molecular complexity index is 445. The SMILES string of the molecule is NC(CC(=O)O)(CC(=O)O)C(CC(=O)O)(CC(=O)O)NCCO. The fourth-order valence-electron chi connectivity index (χ4n) is 2.47. The predicted octanol–water partition coefficient (Wildman–Crippen LogP) is -2.10. The Kier molecular flexibility index (Phi) is 7.59. The van der Waals surface area contributed by atoms with Crippen molar-refractivity contribution in [2.75, 3.05) is 13.2 Å². The van der Waals surface area contributed by atoms with Gasteiger partial charge >= 0.3 is 23.9 Å². The highest BCUT2D eigenvalue weighted by molar-refractivity contribution is 5.78. The number of aliphatic hydroxyl groups is 1. The molecule has 0 radical (unpaired) electrons. The molecule has 0 rings (SSSR count). The minimum absolute atomic E-state index is 0.293. The molecule has 23 heavy (non-hydrogen) atoms. The second-order valence-corrected chi connectivity index (χ2v) is 5.17. The fraction of sp³-hybridized carbons (Fsp3) is 0.667. The Morgan fingerprint density at radius 3 is 1.39 bits per heavy atom. The fourth-order valence-corrected chi connectivity index (χ4v) is 2.47. The van der Waals surface area contributed by atoms with Gasteiger partial charge in [0.1, 0.15) is 0 Å². The van der Waals surface area contributed by atoms with Gasteiger partial charge < -0.3 is 36.6 Å². The number of rotatable bonds is 12. The molecule has 0 saturated heterocycles. The number of hydrogen-bond donors (Lipinski definition) is 7. The van der Waals surface area contributed by atoms with Crippen LogP contribution in [-0.4, -0.2) is 73.6 Å². The first-order valence-corrected chi connectivity index (χ1v) is 6.50. The van der Waals surface area contributed by atoms with Crippen molar-refractivity contribution in [2.24, 2.45) is 5.73 Å². The summed E-state index contributed by atoms with van der Waals surface area (Å²) in [5.74, 6) is -6.02. The van der Waals surface area contributed by atoms with E-state index in [0.717, 1.165) is 0 Å². The monoisotopic (exact) mass is 336 g/mol. The molecule has 0 saturated carbocycles. The summed E-state index contributed by atoms with van der Waals surface area (Å²) in [4.78, 5) is 44.4. The largest absolute Gasteiger partial charge is 0.481 e. The number of hydrogen-bond acceptors (Lipinski definition) is 7. The molecule has 0 heterocycles. The van der Waals surface area contributed by atoms with E-state index in [-0.39, 0.29) is 6.54 Å². The number of carboxylic acid groups (broad SMARTS) is 4. The third kappa shape index (κ3) is 6.18. The first-order chi connectivity index (χ1) is 10.5. The first-order valence-electron chi connectivity index (χ1n) is 6.50. The lowest BCUT2D eigenvalue weighted by molar-refractivity contribution is -0.151. The van der Waals surface area contributed by atoms with Crippen LogP contribution in [0.1, 0.15) is 25.7 Å². The van der Waals surface area contributed by atoms with Crippen molar-refractivity contribution in [1.82, 2.24) is 5.32 Å². The van der Waals surface area contributed by atoms with Crippen molar-refractivity contribution < 1.29 is 44.7 Å². The third-order valence-electron chi connectivity index (χ3n) is 3.37. The van der Waals surface area contributed by atoms with Gasteiger partial charge in [0.15, 0.2) is 0 Å². The molecule has 0 spiro atoms. The maximum atomic E-state index is 11.1. The van der Waals surface area contributed by atoms with Gasteiger partial charge in [-0.05, 0) is 0 Å². The average molecular weight is 336 g/mol. The van der Waals surface area contributed by atoms with Crippen LogP contribution < -0.4 is 11.1 Å². The molecule has 132 valence electrons. The zero-order valence-corrected chi connectivity index (χ0v) is 12.2. The highest BCUT2D eigenvalue weighted by atomic mass is 16.4. The highest BCUT2D eigenvalue weighted by Crippen LogP contribution is 2.34. The quantitative estimate of drug-likeness (QED) is 0.205. The van der Waals surface area contributed by atoms with Crippen LogP contribution >= 0.6 is 0 Å². The van der Waals surface area contributed by atoms with Crippen LogP contribution in [0.25, 0.3) is 0 Å². The molecular formula is C12H20N2O9. The Balaban J connectivity index is 6.10. The van der Waals surface area contributed by atoms with Gasteiger partial charge in [0, 0.05) is 6.54 Å². The van der Waals surface area contributed by atoms with Crippen LogP contribution in [0, 0.1) is 0 Å². The van der Waals surface area contributed by atoms with E-state index in [9.17, 15) is 19.2 Å². The van der Waals surface area contributed by atoms with Crippen LogP contribution in [0.3, 0.4) is 0 Å². The molecule has 0 unspecified atom stereocenters. The smallest absolute Gasteiger partial charge is 0.305 e. The Hall–Kier alpha value is -2.24. The van der Waals surface area contributed by atoms with Crippen molar-refractivity contribution in [1.29, 1.82) is 0 Å². The zero-order valence-electron chi connectivity index (χ0n) is 12.2. The summed E-state index contributed by atoms with van der Waals surface area (Å²) in [6, 6.07) is 0. The van der Waals surface area contributed by atoms with Crippen LogP contribution in [0.2, 0.25) is 0 Å². The van der Waals surface area contributed by atoms with E-state index in [1.807, 2.05) is 0 Å². The van der Waals surface area contributed by atoms with Gasteiger partial charge in [0.05, 0.1) is 43.4 Å². The van der Waals surface area contributed by atoms with Crippen molar-refractivity contribution in [2.45, 2.75) is 36.8 Å². The van der Waals surface area contributed by atoms with E-state index >= 15 is 0 Å². The van der Waals surface area contributed by atoms with E-state index in [2.05, 4.69) is 5.32 Å². The maximum Gasteiger partial charge on any atom is 0.305 e. The van der Waals surface area contributed by atoms with Gasteiger partial charge in [0.25, 0.3) is 0 Å². The molecule has 0 aliphatic heterocycles. The van der Waals surface area contributed by atoms with Gasteiger partial charge in [-0.1, -0.05) is 0 Å². The Morgan fingerprint density at radius 1 is 0.783 bits per heavy atom. The predicted molar refractivity (Wildman–Crippen MR) is 73.7 cm³/mol. The summed E-state index contributed by atoms with van der Waals surface area (Å²) in [5.41, 5.74) is 1.59. The third-order valence-corrected chi connectivity index (χ3v) is 3.37. The summed E-state index contributed by atoms with van der Waals surface area (Å²) < 4.78 is 0. The normalized spacial score (nSPS) is 11.9. The van der Waals surface area contributed by atoms with Crippen LogP contribution in [0.5, 0.6) is 0 Å². The standard InChI is InChI=1S/C12H20N2O9/c13-11(3-7(16)17,4-8(18)19)12(5-9(20)21,6-10(22)23)14-1-2-15/h14-15H,1-6,13H2,(H,16,17)(H,18,19)(H,20,21)(H,22,23). The number of β-amino-alcohol motifs (C(OH)–C–C–N with tert-alkyl or cyclic N) is 1. The van der Waals surface area contributed by atoms with Crippen LogP contribution in [-0.2, 0) is 19.2 Å². The van der Waals surface area contributed by atoms with Gasteiger partial charge in [-0.25, -0.2) is 0 Å². The van der Waals surface area contributed by atoms with Crippen molar-refractivity contribution >= 4 is 23.9 Å². The number of carboxylic acids is 4. The summed E-state index contributed by atoms with van der Waals surface area (Å²) in [6.45, 7) is -0.810. The Morgan fingerprint density at radius 2 is 1.13 bits per heavy atom. The molecule has 0 aromatic carbocycles. The van der Waals surface area contributed by atoms with Gasteiger partial charge in [-0.3, -0.25) is 19.2 Å². The van der Waals surface area contributed by atoms with Crippen LogP contribution in [0.15, 0.2) is 0 Å². The molecule has 0 aliphatic rings. The highest BCUT2D eigenvalue weighted by Gasteiger charge is 2.53. The number of nitrogens with two attached hydrogens (primary N) is 1. The minimum atomic E-state index is -2.21. The molecule has 0 bridgehead atoms. The molecule has 0 amide bonds.